The van der Waals surface area contributed by atoms with E-state index in [9.17, 15) is 13.2 Å². The number of urea groups is 1. The number of fused-ring (bicyclic) bond motifs is 1. The van der Waals surface area contributed by atoms with Crippen molar-refractivity contribution >= 4 is 44.9 Å². The summed E-state index contributed by atoms with van der Waals surface area (Å²) in [5.41, 5.74) is 2.75. The Hall–Kier alpha value is -2.97. The van der Waals surface area contributed by atoms with Gasteiger partial charge in [0.2, 0.25) is 0 Å². The highest BCUT2D eigenvalue weighted by atomic mass is 32.2. The molecule has 1 aliphatic rings. The lowest BCUT2D eigenvalue weighted by molar-refractivity contribution is 0.262. The number of sulfonamides is 1. The quantitative estimate of drug-likeness (QED) is 0.560. The Kier molecular flexibility index (Phi) is 5.69. The van der Waals surface area contributed by atoms with Gasteiger partial charge in [-0.3, -0.25) is 4.31 Å². The molecule has 0 spiro atoms. The van der Waals surface area contributed by atoms with Crippen LogP contribution >= 0.6 is 11.8 Å². The molecule has 0 saturated heterocycles. The number of hydrogen-bond acceptors (Lipinski definition) is 4. The molecular formula is C22H21N3O3S2. The molecule has 0 radical (unpaired) electrons. The van der Waals surface area contributed by atoms with Crippen LogP contribution < -0.4 is 14.9 Å². The third kappa shape index (κ3) is 4.15. The smallest absolute Gasteiger partial charge is 0.308 e. The minimum Gasteiger partial charge on any atom is -0.308 e. The number of amides is 2. The van der Waals surface area contributed by atoms with Crippen LogP contribution in [-0.4, -0.2) is 27.2 Å². The molecule has 3 aromatic carbocycles. The lowest BCUT2D eigenvalue weighted by Crippen LogP contribution is -2.29. The average molecular weight is 440 g/mol. The summed E-state index contributed by atoms with van der Waals surface area (Å²) < 4.78 is 27.5. The number of rotatable bonds is 5. The first-order chi connectivity index (χ1) is 14.5. The van der Waals surface area contributed by atoms with Crippen molar-refractivity contribution in [1.82, 2.24) is 0 Å². The summed E-state index contributed by atoms with van der Waals surface area (Å²) in [5.74, 6) is 0. The largest absolute Gasteiger partial charge is 0.323 e. The van der Waals surface area contributed by atoms with Crippen molar-refractivity contribution in [2.45, 2.75) is 16.2 Å². The second-order valence-electron chi connectivity index (χ2n) is 6.79. The number of thioether (sulfide) groups is 1. The Bertz CT molecular complexity index is 1180. The first-order valence-electron chi connectivity index (χ1n) is 9.40. The number of carbonyl (C=O) groups is 1. The molecule has 2 N–H and O–H groups in total. The van der Waals surface area contributed by atoms with E-state index in [0.717, 1.165) is 10.5 Å². The molecule has 1 aliphatic heterocycles. The molecule has 0 atom stereocenters. The van der Waals surface area contributed by atoms with Crippen molar-refractivity contribution in [2.24, 2.45) is 0 Å². The van der Waals surface area contributed by atoms with Crippen LogP contribution in [-0.2, 0) is 16.4 Å². The monoisotopic (exact) mass is 439 g/mol. The van der Waals surface area contributed by atoms with Crippen molar-refractivity contribution in [3.05, 3.63) is 78.4 Å². The van der Waals surface area contributed by atoms with Gasteiger partial charge in [0.1, 0.15) is 0 Å². The van der Waals surface area contributed by atoms with Crippen molar-refractivity contribution in [3.8, 4) is 0 Å². The zero-order valence-corrected chi connectivity index (χ0v) is 18.0. The number of carbonyl (C=O) groups excluding carboxylic acids is 1. The molecule has 3 aromatic rings. The fraction of sp³-hybridized carbons (Fsp3) is 0.136. The van der Waals surface area contributed by atoms with Crippen molar-refractivity contribution in [1.29, 1.82) is 0 Å². The van der Waals surface area contributed by atoms with Gasteiger partial charge in [0.25, 0.3) is 10.0 Å². The second kappa shape index (κ2) is 8.41. The Labute approximate surface area is 180 Å². The highest BCUT2D eigenvalue weighted by Gasteiger charge is 2.31. The normalized spacial score (nSPS) is 13.0. The summed E-state index contributed by atoms with van der Waals surface area (Å²) in [6, 6.07) is 20.9. The molecule has 0 bridgehead atoms. The van der Waals surface area contributed by atoms with Gasteiger partial charge < -0.3 is 10.6 Å². The predicted molar refractivity (Wildman–Crippen MR) is 122 cm³/mol. The van der Waals surface area contributed by atoms with Crippen LogP contribution in [0.1, 0.15) is 5.56 Å². The SMILES string of the molecule is CSc1cccc(NC(=O)Nc2ccc3c(c2)N(S(=O)(=O)c2ccccc2)CC3)c1. The number of nitrogens with zero attached hydrogens (tertiary/aromatic N) is 1. The van der Waals surface area contributed by atoms with E-state index in [4.69, 9.17) is 0 Å². The topological polar surface area (TPSA) is 78.5 Å². The molecule has 0 aromatic heterocycles. The molecule has 6 nitrogen and oxygen atoms in total. The highest BCUT2D eigenvalue weighted by molar-refractivity contribution is 7.98. The van der Waals surface area contributed by atoms with Gasteiger partial charge in [-0.25, -0.2) is 13.2 Å². The van der Waals surface area contributed by atoms with E-state index < -0.39 is 10.0 Å². The maximum Gasteiger partial charge on any atom is 0.323 e. The van der Waals surface area contributed by atoms with Crippen LogP contribution in [0, 0.1) is 0 Å². The fourth-order valence-corrected chi connectivity index (χ4v) is 5.37. The number of anilines is 3. The maximum absolute atomic E-state index is 13.1. The van der Waals surface area contributed by atoms with Crippen LogP contribution in [0.25, 0.3) is 0 Å². The van der Waals surface area contributed by atoms with Gasteiger partial charge in [0.15, 0.2) is 0 Å². The lowest BCUT2D eigenvalue weighted by Gasteiger charge is -2.20. The van der Waals surface area contributed by atoms with Crippen LogP contribution in [0.3, 0.4) is 0 Å². The average Bonchev–Trinajstić information content (AvgIpc) is 3.18. The Balaban J connectivity index is 1.54. The van der Waals surface area contributed by atoms with E-state index in [2.05, 4.69) is 10.6 Å². The van der Waals surface area contributed by atoms with Gasteiger partial charge in [-0.05, 0) is 60.7 Å². The lowest BCUT2D eigenvalue weighted by atomic mass is 10.1. The maximum atomic E-state index is 13.1. The molecule has 1 heterocycles. The highest BCUT2D eigenvalue weighted by Crippen LogP contribution is 2.35. The summed E-state index contributed by atoms with van der Waals surface area (Å²) in [5, 5.41) is 5.60. The van der Waals surface area contributed by atoms with Crippen LogP contribution in [0.2, 0.25) is 0 Å². The fourth-order valence-electron chi connectivity index (χ4n) is 3.39. The number of benzene rings is 3. The zero-order valence-electron chi connectivity index (χ0n) is 16.3. The van der Waals surface area contributed by atoms with Gasteiger partial charge in [-0.15, -0.1) is 11.8 Å². The molecule has 30 heavy (non-hydrogen) atoms. The molecule has 8 heteroatoms. The molecule has 0 saturated carbocycles. The Morgan fingerprint density at radius 2 is 1.67 bits per heavy atom. The Morgan fingerprint density at radius 1 is 0.933 bits per heavy atom. The van der Waals surface area contributed by atoms with Gasteiger partial charge in [-0.1, -0.05) is 30.3 Å². The van der Waals surface area contributed by atoms with Gasteiger partial charge >= 0.3 is 6.03 Å². The molecule has 154 valence electrons. The first kappa shape index (κ1) is 20.3. The van der Waals surface area contributed by atoms with E-state index in [1.54, 1.807) is 54.2 Å². The zero-order chi connectivity index (χ0) is 21.1. The van der Waals surface area contributed by atoms with Crippen molar-refractivity contribution in [3.63, 3.8) is 0 Å². The third-order valence-electron chi connectivity index (χ3n) is 4.85. The standard InChI is InChI=1S/C22H21N3O3S2/c1-29-19-7-5-6-17(14-19)23-22(26)24-18-11-10-16-12-13-25(21(16)15-18)30(27,28)20-8-3-2-4-9-20/h2-11,14-15H,12-13H2,1H3,(H2,23,24,26). The van der Waals surface area contributed by atoms with Gasteiger partial charge in [0, 0.05) is 22.8 Å². The predicted octanol–water partition coefficient (Wildman–Crippen LogP) is 4.80. The summed E-state index contributed by atoms with van der Waals surface area (Å²) in [6.45, 7) is 0.379. The van der Waals surface area contributed by atoms with Crippen molar-refractivity contribution in [2.75, 3.05) is 27.7 Å². The van der Waals surface area contributed by atoms with Gasteiger partial charge in [0.05, 0.1) is 10.6 Å². The number of hydrogen-bond donors (Lipinski definition) is 2. The van der Waals surface area contributed by atoms with Crippen LogP contribution in [0.5, 0.6) is 0 Å². The molecular weight excluding hydrogens is 418 g/mol. The van der Waals surface area contributed by atoms with E-state index in [0.29, 0.717) is 30.0 Å². The summed E-state index contributed by atoms with van der Waals surface area (Å²) in [6.07, 6.45) is 2.61. The van der Waals surface area contributed by atoms with Crippen LogP contribution in [0.15, 0.2) is 82.6 Å². The summed E-state index contributed by atoms with van der Waals surface area (Å²) in [7, 11) is -3.65. The van der Waals surface area contributed by atoms with E-state index in [1.807, 2.05) is 36.6 Å². The third-order valence-corrected chi connectivity index (χ3v) is 7.41. The van der Waals surface area contributed by atoms with Crippen LogP contribution in [0.4, 0.5) is 21.9 Å². The number of nitrogens with one attached hydrogen (secondary N) is 2. The minimum absolute atomic E-state index is 0.252. The van der Waals surface area contributed by atoms with Crippen molar-refractivity contribution < 1.29 is 13.2 Å². The first-order valence-corrected chi connectivity index (χ1v) is 12.1. The van der Waals surface area contributed by atoms with E-state index in [-0.39, 0.29) is 10.9 Å². The molecule has 0 aliphatic carbocycles. The molecule has 0 unspecified atom stereocenters. The summed E-state index contributed by atoms with van der Waals surface area (Å²) >= 11 is 1.59. The van der Waals surface area contributed by atoms with E-state index in [1.165, 1.54) is 4.31 Å². The Morgan fingerprint density at radius 3 is 2.40 bits per heavy atom. The second-order valence-corrected chi connectivity index (χ2v) is 9.54. The minimum atomic E-state index is -3.65. The van der Waals surface area contributed by atoms with Gasteiger partial charge in [-0.2, -0.15) is 0 Å². The molecule has 0 fully saturated rings. The molecule has 2 amide bonds. The molecule has 4 rings (SSSR count). The van der Waals surface area contributed by atoms with E-state index >= 15 is 0 Å². The summed E-state index contributed by atoms with van der Waals surface area (Å²) in [4.78, 5) is 13.7.